The fourth-order valence-electron chi connectivity index (χ4n) is 2.17. The molecule has 3 rings (SSSR count). The fourth-order valence-corrected chi connectivity index (χ4v) is 3.48. The number of sulfonamides is 1. The summed E-state index contributed by atoms with van der Waals surface area (Å²) >= 11 is 0. The summed E-state index contributed by atoms with van der Waals surface area (Å²) < 4.78 is 40.4. The number of fused-ring (bicyclic) bond motifs is 1. The Morgan fingerprint density at radius 3 is 2.55 bits per heavy atom. The molecule has 0 aliphatic rings. The Kier molecular flexibility index (Phi) is 3.25. The topological polar surface area (TPSA) is 94.8 Å². The number of hydrogen-bond acceptors (Lipinski definition) is 3. The summed E-state index contributed by atoms with van der Waals surface area (Å²) in [6.45, 7) is 1.58. The van der Waals surface area contributed by atoms with Crippen LogP contribution in [0.25, 0.3) is 11.0 Å². The first-order valence-electron chi connectivity index (χ1n) is 6.36. The Morgan fingerprint density at radius 1 is 1.05 bits per heavy atom. The number of hydrogen-bond donors (Lipinski definition) is 3. The molecule has 0 saturated carbocycles. The molecule has 0 spiro atoms. The molecule has 0 fully saturated rings. The third-order valence-electron chi connectivity index (χ3n) is 3.21. The number of anilines is 1. The van der Waals surface area contributed by atoms with Crippen molar-refractivity contribution in [2.45, 2.75) is 11.8 Å². The van der Waals surface area contributed by atoms with Crippen molar-refractivity contribution in [1.29, 1.82) is 0 Å². The molecule has 0 radical (unpaired) electrons. The van der Waals surface area contributed by atoms with Gasteiger partial charge in [-0.05, 0) is 42.8 Å². The predicted octanol–water partition coefficient (Wildman–Crippen LogP) is 2.10. The third kappa shape index (κ3) is 2.60. The maximum Gasteiger partial charge on any atom is 0.323 e. The molecular weight excluding hydrogens is 309 g/mol. The second-order valence-electron chi connectivity index (χ2n) is 4.85. The first-order valence-corrected chi connectivity index (χ1v) is 7.84. The molecule has 6 nitrogen and oxygen atoms in total. The molecule has 0 saturated heterocycles. The van der Waals surface area contributed by atoms with Crippen molar-refractivity contribution in [2.75, 3.05) is 4.72 Å². The number of aromatic amines is 2. The molecule has 8 heteroatoms. The van der Waals surface area contributed by atoms with E-state index in [1.165, 1.54) is 24.3 Å². The zero-order chi connectivity index (χ0) is 15.9. The van der Waals surface area contributed by atoms with Gasteiger partial charge >= 0.3 is 5.69 Å². The van der Waals surface area contributed by atoms with Gasteiger partial charge in [0.2, 0.25) is 0 Å². The van der Waals surface area contributed by atoms with E-state index in [-0.39, 0.29) is 16.3 Å². The summed E-state index contributed by atoms with van der Waals surface area (Å²) in [5, 5.41) is 0. The largest absolute Gasteiger partial charge is 0.323 e. The Morgan fingerprint density at radius 2 is 1.77 bits per heavy atom. The molecule has 0 bridgehead atoms. The van der Waals surface area contributed by atoms with E-state index >= 15 is 0 Å². The van der Waals surface area contributed by atoms with Crippen molar-refractivity contribution in [2.24, 2.45) is 0 Å². The van der Waals surface area contributed by atoms with Gasteiger partial charge in [0, 0.05) is 0 Å². The van der Waals surface area contributed by atoms with E-state index in [1.807, 2.05) is 0 Å². The van der Waals surface area contributed by atoms with Crippen LogP contribution in [0, 0.1) is 12.7 Å². The van der Waals surface area contributed by atoms with Crippen LogP contribution in [0.2, 0.25) is 0 Å². The van der Waals surface area contributed by atoms with Gasteiger partial charge in [-0.25, -0.2) is 17.6 Å². The molecule has 1 heterocycles. The summed E-state index contributed by atoms with van der Waals surface area (Å²) in [5.41, 5.74) is 1.36. The first kappa shape index (κ1) is 14.3. The molecule has 0 amide bonds. The van der Waals surface area contributed by atoms with Gasteiger partial charge in [-0.3, -0.25) is 4.72 Å². The van der Waals surface area contributed by atoms with Crippen molar-refractivity contribution in [3.05, 3.63) is 58.3 Å². The van der Waals surface area contributed by atoms with Crippen LogP contribution in [0.1, 0.15) is 5.56 Å². The Balaban J connectivity index is 2.02. The highest BCUT2D eigenvalue weighted by atomic mass is 32.2. The zero-order valence-corrected chi connectivity index (χ0v) is 12.3. The number of aromatic nitrogens is 2. The normalized spacial score (nSPS) is 11.7. The second-order valence-corrected chi connectivity index (χ2v) is 6.51. The SMILES string of the molecule is Cc1ccc(F)cc1S(=O)(=O)Nc1ccc2[nH]c(=O)[nH]c2c1. The van der Waals surface area contributed by atoms with Gasteiger partial charge in [0.25, 0.3) is 10.0 Å². The minimum atomic E-state index is -3.92. The monoisotopic (exact) mass is 321 g/mol. The number of benzene rings is 2. The maximum absolute atomic E-state index is 13.3. The molecule has 0 aliphatic heterocycles. The van der Waals surface area contributed by atoms with E-state index in [9.17, 15) is 17.6 Å². The Hall–Kier alpha value is -2.61. The zero-order valence-electron chi connectivity index (χ0n) is 11.5. The molecule has 3 N–H and O–H groups in total. The molecule has 22 heavy (non-hydrogen) atoms. The van der Waals surface area contributed by atoms with Crippen molar-refractivity contribution in [3.8, 4) is 0 Å². The van der Waals surface area contributed by atoms with Crippen molar-refractivity contribution < 1.29 is 12.8 Å². The molecule has 3 aromatic rings. The molecule has 0 atom stereocenters. The number of aryl methyl sites for hydroxylation is 1. The first-order chi connectivity index (χ1) is 10.3. The van der Waals surface area contributed by atoms with Crippen LogP contribution >= 0.6 is 0 Å². The number of rotatable bonds is 3. The smallest absolute Gasteiger partial charge is 0.306 e. The molecular formula is C14H12FN3O3S. The highest BCUT2D eigenvalue weighted by Gasteiger charge is 2.18. The summed E-state index contributed by atoms with van der Waals surface area (Å²) in [5.74, 6) is -0.628. The molecule has 114 valence electrons. The van der Waals surface area contributed by atoms with E-state index in [2.05, 4.69) is 14.7 Å². The molecule has 0 aliphatic carbocycles. The minimum Gasteiger partial charge on any atom is -0.306 e. The molecule has 1 aromatic heterocycles. The lowest BCUT2D eigenvalue weighted by Crippen LogP contribution is -2.14. The highest BCUT2D eigenvalue weighted by Crippen LogP contribution is 2.22. The van der Waals surface area contributed by atoms with E-state index in [1.54, 1.807) is 13.0 Å². The highest BCUT2D eigenvalue weighted by molar-refractivity contribution is 7.92. The van der Waals surface area contributed by atoms with Crippen LogP contribution < -0.4 is 10.4 Å². The number of H-pyrrole nitrogens is 2. The van der Waals surface area contributed by atoms with Crippen LogP contribution in [-0.4, -0.2) is 18.4 Å². The fraction of sp³-hybridized carbons (Fsp3) is 0.0714. The Bertz CT molecular complexity index is 1020. The number of nitrogens with one attached hydrogen (secondary N) is 3. The van der Waals surface area contributed by atoms with E-state index in [0.717, 1.165) is 6.07 Å². The van der Waals surface area contributed by atoms with Crippen LogP contribution in [0.4, 0.5) is 10.1 Å². The van der Waals surface area contributed by atoms with Crippen molar-refractivity contribution in [3.63, 3.8) is 0 Å². The van der Waals surface area contributed by atoms with Gasteiger partial charge in [-0.15, -0.1) is 0 Å². The van der Waals surface area contributed by atoms with Crippen molar-refractivity contribution >= 4 is 26.7 Å². The number of halogens is 1. The summed E-state index contributed by atoms with van der Waals surface area (Å²) in [6.07, 6.45) is 0. The maximum atomic E-state index is 13.3. The van der Waals surface area contributed by atoms with Gasteiger partial charge < -0.3 is 9.97 Å². The van der Waals surface area contributed by atoms with Crippen molar-refractivity contribution in [1.82, 2.24) is 9.97 Å². The average Bonchev–Trinajstić information content (AvgIpc) is 2.80. The van der Waals surface area contributed by atoms with E-state index in [4.69, 9.17) is 0 Å². The summed E-state index contributed by atoms with van der Waals surface area (Å²) in [4.78, 5) is 16.2. The van der Waals surface area contributed by atoms with E-state index < -0.39 is 15.8 Å². The van der Waals surface area contributed by atoms with Gasteiger partial charge in [0.1, 0.15) is 5.82 Å². The number of imidazole rings is 1. The van der Waals surface area contributed by atoms with Gasteiger partial charge in [0.15, 0.2) is 0 Å². The quantitative estimate of drug-likeness (QED) is 0.689. The van der Waals surface area contributed by atoms with Crippen LogP contribution in [0.3, 0.4) is 0 Å². The molecule has 0 unspecified atom stereocenters. The average molecular weight is 321 g/mol. The van der Waals surface area contributed by atoms with Gasteiger partial charge in [0.05, 0.1) is 21.6 Å². The van der Waals surface area contributed by atoms with Crippen LogP contribution in [-0.2, 0) is 10.0 Å². The Labute approximate surface area is 125 Å². The molecule has 2 aromatic carbocycles. The summed E-state index contributed by atoms with van der Waals surface area (Å²) in [6, 6.07) is 8.14. The van der Waals surface area contributed by atoms with E-state index in [0.29, 0.717) is 16.6 Å². The van der Waals surface area contributed by atoms with Gasteiger partial charge in [-0.2, -0.15) is 0 Å². The standard InChI is InChI=1S/C14H12FN3O3S/c1-8-2-3-9(15)6-13(8)22(20,21)18-10-4-5-11-12(7-10)17-14(19)16-11/h2-7,18H,1H3,(H2,16,17,19). The minimum absolute atomic E-state index is 0.129. The summed E-state index contributed by atoms with van der Waals surface area (Å²) in [7, 11) is -3.92. The van der Waals surface area contributed by atoms with Gasteiger partial charge in [-0.1, -0.05) is 6.07 Å². The lowest BCUT2D eigenvalue weighted by atomic mass is 10.2. The third-order valence-corrected chi connectivity index (χ3v) is 4.73. The lowest BCUT2D eigenvalue weighted by molar-refractivity contribution is 0.594. The van der Waals surface area contributed by atoms with Crippen LogP contribution in [0.15, 0.2) is 46.1 Å². The van der Waals surface area contributed by atoms with Crippen LogP contribution in [0.5, 0.6) is 0 Å². The second kappa shape index (κ2) is 4.99. The predicted molar refractivity (Wildman–Crippen MR) is 80.9 cm³/mol. The lowest BCUT2D eigenvalue weighted by Gasteiger charge is -2.10.